The molecule has 11 rings (SSSR count). The van der Waals surface area contributed by atoms with Crippen molar-refractivity contribution in [1.29, 1.82) is 0 Å². The average molecular weight is 748 g/mol. The van der Waals surface area contributed by atoms with E-state index in [1.807, 2.05) is 30.3 Å². The SMILES string of the molecule is [B]C([B])([B])C1(C([B])([B])[B])c2ccccc2-c2ccc(-c3c4ccccc4c(-c4ccc(-c5nc6ccccc6n5-c5ccc6ccccc6c5)cc4)c4ccccc34)cc21. The first-order valence-electron chi connectivity index (χ1n) is 20.0. The molecule has 8 heteroatoms. The molecule has 1 aromatic heterocycles. The summed E-state index contributed by atoms with van der Waals surface area (Å²) in [5.74, 6) is 0.880. The van der Waals surface area contributed by atoms with Crippen molar-refractivity contribution in [2.45, 2.75) is 15.6 Å². The van der Waals surface area contributed by atoms with E-state index in [1.54, 1.807) is 0 Å². The molecule has 0 aliphatic heterocycles. The molecule has 1 aliphatic rings. The van der Waals surface area contributed by atoms with E-state index in [0.29, 0.717) is 11.1 Å². The Morgan fingerprint density at radius 3 is 1.60 bits per heavy atom. The summed E-state index contributed by atoms with van der Waals surface area (Å²) in [6, 6.07) is 63.2. The molecule has 0 spiro atoms. The van der Waals surface area contributed by atoms with E-state index in [2.05, 4.69) is 156 Å². The van der Waals surface area contributed by atoms with Gasteiger partial charge in [0.2, 0.25) is 0 Å². The molecule has 9 aromatic carbocycles. The number of nitrogens with zero attached hydrogens (tertiary/aromatic N) is 2. The van der Waals surface area contributed by atoms with E-state index in [1.165, 1.54) is 10.8 Å². The van der Waals surface area contributed by atoms with Gasteiger partial charge in [-0.15, -0.1) is 10.2 Å². The van der Waals surface area contributed by atoms with Gasteiger partial charge in [0.15, 0.2) is 0 Å². The minimum Gasteiger partial charge on any atom is -0.292 e. The number of hydrogen-bond donors (Lipinski definition) is 0. The average Bonchev–Trinajstić information content (AvgIpc) is 3.80. The molecule has 1 heterocycles. The van der Waals surface area contributed by atoms with Gasteiger partial charge in [0.05, 0.1) is 58.1 Å². The van der Waals surface area contributed by atoms with Gasteiger partial charge in [-0.2, -0.15) is 0 Å². The van der Waals surface area contributed by atoms with Crippen LogP contribution in [-0.2, 0) is 5.41 Å². The minimum atomic E-state index is -1.91. The van der Waals surface area contributed by atoms with Crippen molar-refractivity contribution in [1.82, 2.24) is 9.55 Å². The fourth-order valence-corrected chi connectivity index (χ4v) is 10.1. The predicted molar refractivity (Wildman–Crippen MR) is 256 cm³/mol. The lowest BCUT2D eigenvalue weighted by molar-refractivity contribution is 0.533. The Labute approximate surface area is 357 Å². The molecule has 0 unspecified atom stereocenters. The van der Waals surface area contributed by atoms with Crippen LogP contribution in [0.3, 0.4) is 0 Å². The van der Waals surface area contributed by atoms with E-state index in [9.17, 15) is 0 Å². The minimum absolute atomic E-state index is 0.684. The summed E-state index contributed by atoms with van der Waals surface area (Å²) in [7, 11) is 40.1. The molecule has 2 nitrogen and oxygen atoms in total. The third-order valence-corrected chi connectivity index (χ3v) is 12.5. The Kier molecular flexibility index (Phi) is 8.14. The van der Waals surface area contributed by atoms with Crippen LogP contribution in [0.5, 0.6) is 0 Å². The van der Waals surface area contributed by atoms with Gasteiger partial charge >= 0.3 is 0 Å². The van der Waals surface area contributed by atoms with Crippen molar-refractivity contribution < 1.29 is 0 Å². The normalized spacial score (nSPS) is 13.5. The van der Waals surface area contributed by atoms with Crippen LogP contribution in [-0.4, -0.2) is 56.6 Å². The summed E-state index contributed by atoms with van der Waals surface area (Å²) in [5.41, 5.74) is 9.90. The topological polar surface area (TPSA) is 17.8 Å². The summed E-state index contributed by atoms with van der Waals surface area (Å²) in [4.78, 5) is 5.18. The van der Waals surface area contributed by atoms with Crippen LogP contribution in [0.2, 0.25) is 10.2 Å². The summed E-state index contributed by atoms with van der Waals surface area (Å²) in [6.45, 7) is 0. The van der Waals surface area contributed by atoms with Crippen molar-refractivity contribution in [3.63, 3.8) is 0 Å². The molecular formula is C52H30B6N2. The maximum atomic E-state index is 6.68. The Hall–Kier alpha value is -6.38. The van der Waals surface area contributed by atoms with Gasteiger partial charge in [-0.05, 0) is 113 Å². The van der Waals surface area contributed by atoms with Crippen LogP contribution >= 0.6 is 0 Å². The largest absolute Gasteiger partial charge is 0.292 e. The van der Waals surface area contributed by atoms with Crippen molar-refractivity contribution in [2.24, 2.45) is 0 Å². The predicted octanol–water partition coefficient (Wildman–Crippen LogP) is 10.9. The molecule has 60 heavy (non-hydrogen) atoms. The van der Waals surface area contributed by atoms with E-state index >= 15 is 0 Å². The van der Waals surface area contributed by atoms with Gasteiger partial charge < -0.3 is 0 Å². The van der Waals surface area contributed by atoms with Gasteiger partial charge in [-0.25, -0.2) is 4.98 Å². The maximum Gasteiger partial charge on any atom is 0.145 e. The zero-order valence-electron chi connectivity index (χ0n) is 32.7. The number of benzene rings is 9. The Bertz CT molecular complexity index is 3290. The molecule has 0 fully saturated rings. The smallest absolute Gasteiger partial charge is 0.145 e. The third-order valence-electron chi connectivity index (χ3n) is 12.5. The lowest BCUT2D eigenvalue weighted by atomic mass is 9.18. The molecule has 10 aromatic rings. The van der Waals surface area contributed by atoms with Crippen molar-refractivity contribution in [3.8, 4) is 50.5 Å². The van der Waals surface area contributed by atoms with Crippen LogP contribution in [0, 0.1) is 0 Å². The van der Waals surface area contributed by atoms with Crippen LogP contribution in [0.25, 0.3) is 93.8 Å². The van der Waals surface area contributed by atoms with Crippen LogP contribution in [0.4, 0.5) is 0 Å². The van der Waals surface area contributed by atoms with Gasteiger partial charge in [0, 0.05) is 11.3 Å². The molecule has 12 radical (unpaired) electrons. The zero-order chi connectivity index (χ0) is 41.0. The molecular weight excluding hydrogens is 717 g/mol. The highest BCUT2D eigenvalue weighted by atomic mass is 15.1. The Morgan fingerprint density at radius 2 is 0.933 bits per heavy atom. The summed E-state index contributed by atoms with van der Waals surface area (Å²) in [6.07, 6.45) is 0. The lowest BCUT2D eigenvalue weighted by Gasteiger charge is -2.56. The second-order valence-corrected chi connectivity index (χ2v) is 16.1. The number of aromatic nitrogens is 2. The number of hydrogen-bond acceptors (Lipinski definition) is 1. The van der Waals surface area contributed by atoms with Crippen molar-refractivity contribution >= 4 is 90.4 Å². The first-order chi connectivity index (χ1) is 29.0. The van der Waals surface area contributed by atoms with E-state index in [4.69, 9.17) is 52.1 Å². The van der Waals surface area contributed by atoms with Crippen LogP contribution in [0.15, 0.2) is 182 Å². The van der Waals surface area contributed by atoms with Crippen LogP contribution in [0.1, 0.15) is 11.1 Å². The highest BCUT2D eigenvalue weighted by Crippen LogP contribution is 2.65. The van der Waals surface area contributed by atoms with Gasteiger partial charge in [0.25, 0.3) is 0 Å². The molecule has 0 saturated carbocycles. The van der Waals surface area contributed by atoms with Gasteiger partial charge in [-0.3, -0.25) is 4.57 Å². The first kappa shape index (κ1) is 36.7. The Balaban J connectivity index is 1.09. The standard InChI is InChI=1S/C52H30B6N2/c53-51(54,55)50(52(56,57)58)43-18-8-7-13-37(43)38-28-26-35(30-44(38)50)48-41-16-5-3-14-39(41)47(40-15-4-6-17-42(40)48)32-21-23-33(24-22-32)49-59-45-19-9-10-20-46(45)60(49)36-27-25-31-11-1-2-12-34(31)29-36/h1-30H. The molecule has 0 N–H and O–H groups in total. The molecule has 266 valence electrons. The monoisotopic (exact) mass is 748 g/mol. The number of imidazole rings is 1. The molecule has 0 atom stereocenters. The summed E-state index contributed by atoms with van der Waals surface area (Å²) in [5, 5.41) is 2.92. The second kappa shape index (κ2) is 13.3. The van der Waals surface area contributed by atoms with Gasteiger partial charge in [-0.1, -0.05) is 152 Å². The van der Waals surface area contributed by atoms with Crippen molar-refractivity contribution in [2.75, 3.05) is 0 Å². The summed E-state index contributed by atoms with van der Waals surface area (Å²) >= 11 is 0. The fraction of sp³-hybridized carbons (Fsp3) is 0.0577. The maximum absolute atomic E-state index is 6.68. The van der Waals surface area contributed by atoms with E-state index in [-0.39, 0.29) is 0 Å². The first-order valence-corrected chi connectivity index (χ1v) is 20.0. The summed E-state index contributed by atoms with van der Waals surface area (Å²) < 4.78 is 2.26. The molecule has 0 bridgehead atoms. The highest BCUT2D eigenvalue weighted by Gasteiger charge is 2.55. The number of rotatable bonds is 6. The molecule has 0 amide bonds. The fourth-order valence-electron chi connectivity index (χ4n) is 10.1. The number of para-hydroxylation sites is 2. The zero-order valence-corrected chi connectivity index (χ0v) is 32.7. The third kappa shape index (κ3) is 5.26. The second-order valence-electron chi connectivity index (χ2n) is 16.1. The number of fused-ring (bicyclic) bond motifs is 7. The quantitative estimate of drug-likeness (QED) is 0.122. The van der Waals surface area contributed by atoms with E-state index < -0.39 is 15.6 Å². The molecule has 1 aliphatic carbocycles. The molecule has 0 saturated heterocycles. The lowest BCUT2D eigenvalue weighted by Crippen LogP contribution is -2.52. The highest BCUT2D eigenvalue weighted by molar-refractivity contribution is 6.66. The van der Waals surface area contributed by atoms with Crippen LogP contribution < -0.4 is 0 Å². The van der Waals surface area contributed by atoms with Gasteiger partial charge in [0.1, 0.15) is 5.82 Å². The van der Waals surface area contributed by atoms with E-state index in [0.717, 1.165) is 83.0 Å². The Morgan fingerprint density at radius 1 is 0.417 bits per heavy atom. The van der Waals surface area contributed by atoms with Crippen molar-refractivity contribution in [3.05, 3.63) is 193 Å².